The lowest BCUT2D eigenvalue weighted by atomic mass is 9.78. The minimum Gasteiger partial charge on any atom is -0.489 e. The van der Waals surface area contributed by atoms with Gasteiger partial charge in [0.05, 0.1) is 17.8 Å². The summed E-state index contributed by atoms with van der Waals surface area (Å²) in [4.78, 5) is 2.81. The third kappa shape index (κ3) is 2.57. The zero-order valence-electron chi connectivity index (χ0n) is 13.9. The van der Waals surface area contributed by atoms with Crippen LogP contribution in [-0.2, 0) is 0 Å². The van der Waals surface area contributed by atoms with Gasteiger partial charge in [-0.25, -0.2) is 0 Å². The van der Waals surface area contributed by atoms with E-state index in [1.54, 1.807) is 0 Å². The number of benzene rings is 1. The first-order valence-corrected chi connectivity index (χ1v) is 9.24. The van der Waals surface area contributed by atoms with Crippen LogP contribution in [-0.4, -0.2) is 6.10 Å². The molecule has 0 fully saturated rings. The van der Waals surface area contributed by atoms with Crippen LogP contribution in [0.15, 0.2) is 42.5 Å². The minimum absolute atomic E-state index is 0.183. The molecule has 0 bridgehead atoms. The molecule has 3 unspecified atom stereocenters. The van der Waals surface area contributed by atoms with Crippen LogP contribution in [0.25, 0.3) is 0 Å². The predicted molar refractivity (Wildman–Crippen MR) is 97.6 cm³/mol. The van der Waals surface area contributed by atoms with E-state index in [2.05, 4.69) is 68.6 Å². The van der Waals surface area contributed by atoms with E-state index < -0.39 is 0 Å². The maximum atomic E-state index is 6.07. The minimum atomic E-state index is 0.183. The first-order valence-electron chi connectivity index (χ1n) is 8.42. The van der Waals surface area contributed by atoms with Gasteiger partial charge in [-0.2, -0.15) is 0 Å². The number of ether oxygens (including phenoxy) is 1. The Labute approximate surface area is 142 Å². The van der Waals surface area contributed by atoms with Gasteiger partial charge in [-0.05, 0) is 56.9 Å². The molecule has 0 spiro atoms. The fraction of sp³-hybridized carbons (Fsp3) is 0.400. The molecule has 2 aromatic rings. The maximum Gasteiger partial charge on any atom is 0.143 e. The Morgan fingerprint density at radius 3 is 2.83 bits per heavy atom. The van der Waals surface area contributed by atoms with E-state index in [1.165, 1.54) is 21.0 Å². The van der Waals surface area contributed by atoms with Gasteiger partial charge in [0.25, 0.3) is 0 Å². The molecule has 1 aliphatic carbocycles. The number of hydrogen-bond acceptors (Lipinski definition) is 3. The van der Waals surface area contributed by atoms with Gasteiger partial charge in [0.1, 0.15) is 5.75 Å². The molecule has 0 radical (unpaired) electrons. The summed E-state index contributed by atoms with van der Waals surface area (Å²) in [5.41, 5.74) is 2.57. The molecule has 0 saturated heterocycles. The highest BCUT2D eigenvalue weighted by molar-refractivity contribution is 7.12. The summed E-state index contributed by atoms with van der Waals surface area (Å²) < 4.78 is 6.07. The third-order valence-corrected chi connectivity index (χ3v) is 5.87. The van der Waals surface area contributed by atoms with E-state index >= 15 is 0 Å². The van der Waals surface area contributed by atoms with Gasteiger partial charge >= 0.3 is 0 Å². The topological polar surface area (TPSA) is 21.3 Å². The van der Waals surface area contributed by atoms with E-state index in [9.17, 15) is 0 Å². The summed E-state index contributed by atoms with van der Waals surface area (Å²) in [5, 5.41) is 3.82. The van der Waals surface area contributed by atoms with Crippen molar-refractivity contribution in [3.05, 3.63) is 57.8 Å². The summed E-state index contributed by atoms with van der Waals surface area (Å²) in [5.74, 6) is 2.08. The van der Waals surface area contributed by atoms with Crippen LogP contribution >= 0.6 is 11.3 Å². The van der Waals surface area contributed by atoms with Gasteiger partial charge in [0, 0.05) is 15.7 Å². The normalized spacial score (nSPS) is 25.1. The number of para-hydroxylation sites is 1. The molecule has 4 rings (SSSR count). The molecule has 3 heteroatoms. The maximum absolute atomic E-state index is 6.07. The van der Waals surface area contributed by atoms with E-state index in [4.69, 9.17) is 4.74 Å². The van der Waals surface area contributed by atoms with Gasteiger partial charge in [-0.15, -0.1) is 11.3 Å². The van der Waals surface area contributed by atoms with Crippen molar-refractivity contribution in [1.29, 1.82) is 0 Å². The molecule has 2 aliphatic rings. The zero-order valence-corrected chi connectivity index (χ0v) is 14.7. The molecule has 2 nitrogen and oxygen atoms in total. The van der Waals surface area contributed by atoms with Crippen LogP contribution < -0.4 is 10.1 Å². The molecule has 0 amide bonds. The number of hydrogen-bond donors (Lipinski definition) is 1. The van der Waals surface area contributed by atoms with Crippen LogP contribution in [0.1, 0.15) is 47.5 Å². The highest BCUT2D eigenvalue weighted by atomic mass is 32.1. The first kappa shape index (κ1) is 14.8. The van der Waals surface area contributed by atoms with E-state index in [1.807, 2.05) is 11.3 Å². The third-order valence-electron chi connectivity index (χ3n) is 4.79. The second-order valence-corrected chi connectivity index (χ2v) is 8.13. The Kier molecular flexibility index (Phi) is 3.68. The molecule has 1 aromatic heterocycles. The molecule has 1 N–H and O–H groups in total. The summed E-state index contributed by atoms with van der Waals surface area (Å²) in [6.45, 7) is 6.35. The predicted octanol–water partition coefficient (Wildman–Crippen LogP) is 5.67. The van der Waals surface area contributed by atoms with E-state index in [0.717, 1.165) is 12.2 Å². The fourth-order valence-electron chi connectivity index (χ4n) is 3.85. The Morgan fingerprint density at radius 2 is 2.09 bits per heavy atom. The lowest BCUT2D eigenvalue weighted by Crippen LogP contribution is -2.29. The highest BCUT2D eigenvalue weighted by Gasteiger charge is 2.39. The fourth-order valence-corrected chi connectivity index (χ4v) is 4.85. The average molecular weight is 325 g/mol. The Balaban J connectivity index is 1.78. The summed E-state index contributed by atoms with van der Waals surface area (Å²) >= 11 is 1.91. The standard InChI is InChI=1S/C20H23NOS/c1-12(2)22-17-9-5-8-15-14-6-4-7-16(14)20(21-19(15)17)18-11-10-13(3)23-18/h4-6,8-12,14,16,20-21H,7H2,1-3H3. The van der Waals surface area contributed by atoms with E-state index in [-0.39, 0.29) is 6.10 Å². The van der Waals surface area contributed by atoms with Gasteiger partial charge in [-0.3, -0.25) is 0 Å². The van der Waals surface area contributed by atoms with Crippen molar-refractivity contribution in [2.24, 2.45) is 5.92 Å². The Morgan fingerprint density at radius 1 is 1.22 bits per heavy atom. The van der Waals surface area contributed by atoms with Crippen LogP contribution in [0.4, 0.5) is 5.69 Å². The lowest BCUT2D eigenvalue weighted by Gasteiger charge is -2.37. The molecule has 1 aromatic carbocycles. The van der Waals surface area contributed by atoms with Gasteiger partial charge in [-0.1, -0.05) is 24.3 Å². The van der Waals surface area contributed by atoms with Crippen molar-refractivity contribution >= 4 is 17.0 Å². The van der Waals surface area contributed by atoms with Crippen molar-refractivity contribution < 1.29 is 4.74 Å². The summed E-state index contributed by atoms with van der Waals surface area (Å²) in [7, 11) is 0. The van der Waals surface area contributed by atoms with Gasteiger partial charge in [0.2, 0.25) is 0 Å². The molecule has 0 saturated carbocycles. The Hall–Kier alpha value is -1.74. The number of fused-ring (bicyclic) bond motifs is 3. The Bertz CT molecular complexity index is 746. The number of nitrogens with one attached hydrogen (secondary N) is 1. The number of rotatable bonds is 3. The molecule has 120 valence electrons. The van der Waals surface area contributed by atoms with Crippen molar-refractivity contribution in [3.63, 3.8) is 0 Å². The zero-order chi connectivity index (χ0) is 16.0. The SMILES string of the molecule is Cc1ccc(C2Nc3c(OC(C)C)cccc3C3C=CCC32)s1. The lowest BCUT2D eigenvalue weighted by molar-refractivity contribution is 0.242. The second-order valence-electron chi connectivity index (χ2n) is 6.81. The number of anilines is 1. The quantitative estimate of drug-likeness (QED) is 0.734. The number of aryl methyl sites for hydroxylation is 1. The monoisotopic (exact) mass is 325 g/mol. The van der Waals surface area contributed by atoms with Crippen LogP contribution in [0.2, 0.25) is 0 Å². The largest absolute Gasteiger partial charge is 0.489 e. The van der Waals surface area contributed by atoms with Crippen molar-refractivity contribution in [2.75, 3.05) is 5.32 Å². The van der Waals surface area contributed by atoms with Crippen molar-refractivity contribution in [2.45, 2.75) is 45.3 Å². The van der Waals surface area contributed by atoms with Crippen LogP contribution in [0.3, 0.4) is 0 Å². The van der Waals surface area contributed by atoms with Gasteiger partial charge in [0.15, 0.2) is 0 Å². The molecule has 1 aliphatic heterocycles. The van der Waals surface area contributed by atoms with E-state index in [0.29, 0.717) is 17.9 Å². The summed E-state index contributed by atoms with van der Waals surface area (Å²) in [6.07, 6.45) is 6.06. The van der Waals surface area contributed by atoms with Crippen molar-refractivity contribution in [1.82, 2.24) is 0 Å². The smallest absolute Gasteiger partial charge is 0.143 e. The number of thiophene rings is 1. The summed E-state index contributed by atoms with van der Waals surface area (Å²) in [6, 6.07) is 11.3. The molecular formula is C20H23NOS. The number of allylic oxidation sites excluding steroid dienone is 2. The molecular weight excluding hydrogens is 302 g/mol. The second kappa shape index (κ2) is 5.72. The van der Waals surface area contributed by atoms with Crippen molar-refractivity contribution in [3.8, 4) is 5.75 Å². The molecule has 23 heavy (non-hydrogen) atoms. The van der Waals surface area contributed by atoms with Crippen LogP contribution in [0, 0.1) is 12.8 Å². The molecule has 3 atom stereocenters. The van der Waals surface area contributed by atoms with Gasteiger partial charge < -0.3 is 10.1 Å². The first-order chi connectivity index (χ1) is 11.1. The highest BCUT2D eigenvalue weighted by Crippen LogP contribution is 2.53. The van der Waals surface area contributed by atoms with Crippen LogP contribution in [0.5, 0.6) is 5.75 Å². The molecule has 2 heterocycles. The average Bonchev–Trinajstić information content (AvgIpc) is 3.15.